The quantitative estimate of drug-likeness (QED) is 0.268. The van der Waals surface area contributed by atoms with Gasteiger partial charge in [-0.2, -0.15) is 5.10 Å². The van der Waals surface area contributed by atoms with Crippen molar-refractivity contribution in [2.75, 3.05) is 14.2 Å². The molecule has 0 saturated heterocycles. The minimum absolute atomic E-state index is 0.376. The van der Waals surface area contributed by atoms with Crippen LogP contribution in [-0.2, 0) is 0 Å². The van der Waals surface area contributed by atoms with Crippen LogP contribution >= 0.6 is 11.6 Å². The van der Waals surface area contributed by atoms with Gasteiger partial charge in [0.05, 0.1) is 48.9 Å². The van der Waals surface area contributed by atoms with Gasteiger partial charge in [-0.3, -0.25) is 0 Å². The Morgan fingerprint density at radius 1 is 0.949 bits per heavy atom. The van der Waals surface area contributed by atoms with E-state index in [0.29, 0.717) is 45.5 Å². The zero-order valence-electron chi connectivity index (χ0n) is 21.1. The molecule has 0 aliphatic carbocycles. The summed E-state index contributed by atoms with van der Waals surface area (Å²) in [7, 11) is 3.19. The molecule has 194 valence electrons. The minimum atomic E-state index is -0.376. The van der Waals surface area contributed by atoms with E-state index in [4.69, 9.17) is 45.4 Å². The minimum Gasteiger partial charge on any atom is -0.493 e. The van der Waals surface area contributed by atoms with Crippen LogP contribution in [0.4, 0.5) is 0 Å². The summed E-state index contributed by atoms with van der Waals surface area (Å²) in [6.07, 6.45) is 3.24. The molecule has 4 aromatic heterocycles. The van der Waals surface area contributed by atoms with Gasteiger partial charge in [0.2, 0.25) is 11.8 Å². The molecule has 0 spiro atoms. The van der Waals surface area contributed by atoms with Crippen molar-refractivity contribution in [2.45, 2.75) is 12.8 Å². The normalized spacial score (nSPS) is 14.1. The second-order valence-electron chi connectivity index (χ2n) is 8.98. The first-order chi connectivity index (χ1) is 19.1. The third kappa shape index (κ3) is 3.63. The molecule has 10 nitrogen and oxygen atoms in total. The summed E-state index contributed by atoms with van der Waals surface area (Å²) in [5.41, 5.74) is 4.55. The fourth-order valence-corrected chi connectivity index (χ4v) is 5.10. The summed E-state index contributed by atoms with van der Waals surface area (Å²) in [5, 5.41) is 10.2. The van der Waals surface area contributed by atoms with Crippen LogP contribution in [0.25, 0.3) is 22.7 Å². The zero-order chi connectivity index (χ0) is 26.7. The Kier molecular flexibility index (Phi) is 5.31. The van der Waals surface area contributed by atoms with Crippen molar-refractivity contribution in [1.29, 1.82) is 0 Å². The highest BCUT2D eigenvalue weighted by atomic mass is 35.5. The lowest BCUT2D eigenvalue weighted by Gasteiger charge is -2.24. The Labute approximate surface area is 227 Å². The van der Waals surface area contributed by atoms with Gasteiger partial charge in [0.1, 0.15) is 12.1 Å². The number of benzene rings is 2. The molecule has 0 saturated carbocycles. The highest BCUT2D eigenvalue weighted by Crippen LogP contribution is 2.50. The van der Waals surface area contributed by atoms with E-state index < -0.39 is 0 Å². The van der Waals surface area contributed by atoms with Crippen LogP contribution in [0.2, 0.25) is 5.02 Å². The summed E-state index contributed by atoms with van der Waals surface area (Å²) >= 11 is 6.13. The number of aryl methyl sites for hydroxylation is 1. The van der Waals surface area contributed by atoms with Crippen molar-refractivity contribution in [2.24, 2.45) is 0 Å². The summed E-state index contributed by atoms with van der Waals surface area (Å²) in [6.45, 7) is 1.95. The second-order valence-corrected chi connectivity index (χ2v) is 9.42. The van der Waals surface area contributed by atoms with E-state index in [1.54, 1.807) is 36.0 Å². The Morgan fingerprint density at radius 3 is 2.51 bits per heavy atom. The molecular formula is C28H21ClN6O4. The molecule has 6 aromatic rings. The maximum Gasteiger partial charge on any atom is 0.230 e. The summed E-state index contributed by atoms with van der Waals surface area (Å²) in [5.74, 6) is 3.00. The standard InChI is InChI=1S/C28H21ClN6O4/c1-15-22-23(20-5-4-12-38-20)24-26-31-25(16-6-11-19(36-2)21(13-16)37-3)33-34(26)14-30-27(24)39-28(22)35(32-15)18-9-7-17(29)8-10-18/h4-14,23H,1-3H3. The average molecular weight is 541 g/mol. The highest BCUT2D eigenvalue weighted by molar-refractivity contribution is 6.30. The van der Waals surface area contributed by atoms with Crippen molar-refractivity contribution < 1.29 is 18.6 Å². The van der Waals surface area contributed by atoms with Crippen LogP contribution < -0.4 is 14.2 Å². The number of hydrogen-bond acceptors (Lipinski definition) is 8. The van der Waals surface area contributed by atoms with Gasteiger partial charge < -0.3 is 18.6 Å². The lowest BCUT2D eigenvalue weighted by atomic mass is 9.88. The molecule has 0 radical (unpaired) electrons. The molecule has 1 atom stereocenters. The van der Waals surface area contributed by atoms with E-state index in [-0.39, 0.29) is 5.92 Å². The van der Waals surface area contributed by atoms with Gasteiger partial charge in [-0.15, -0.1) is 5.10 Å². The molecule has 11 heteroatoms. The van der Waals surface area contributed by atoms with Crippen molar-refractivity contribution in [3.63, 3.8) is 0 Å². The lowest BCUT2D eigenvalue weighted by Crippen LogP contribution is -2.15. The predicted molar refractivity (Wildman–Crippen MR) is 142 cm³/mol. The Balaban J connectivity index is 1.43. The van der Waals surface area contributed by atoms with Crippen molar-refractivity contribution in [3.8, 4) is 40.3 Å². The van der Waals surface area contributed by atoms with E-state index in [0.717, 1.165) is 28.1 Å². The number of ether oxygens (including phenoxy) is 3. The number of furan rings is 1. The number of aromatic nitrogens is 6. The maximum atomic E-state index is 6.43. The van der Waals surface area contributed by atoms with Gasteiger partial charge in [-0.25, -0.2) is 19.2 Å². The van der Waals surface area contributed by atoms with E-state index in [9.17, 15) is 0 Å². The number of nitrogens with zero attached hydrogens (tertiary/aromatic N) is 6. The van der Waals surface area contributed by atoms with E-state index in [2.05, 4.69) is 4.98 Å². The topological polar surface area (TPSA) is 102 Å². The van der Waals surface area contributed by atoms with Crippen molar-refractivity contribution in [1.82, 2.24) is 29.4 Å². The molecule has 1 aliphatic heterocycles. The first-order valence-corrected chi connectivity index (χ1v) is 12.5. The molecule has 7 rings (SSSR count). The summed E-state index contributed by atoms with van der Waals surface area (Å²) < 4.78 is 26.6. The van der Waals surface area contributed by atoms with E-state index >= 15 is 0 Å². The molecule has 1 aliphatic rings. The first kappa shape index (κ1) is 23.3. The third-order valence-electron chi connectivity index (χ3n) is 6.76. The Morgan fingerprint density at radius 2 is 1.77 bits per heavy atom. The summed E-state index contributed by atoms with van der Waals surface area (Å²) in [4.78, 5) is 9.54. The maximum absolute atomic E-state index is 6.43. The van der Waals surface area contributed by atoms with Crippen LogP contribution in [0.1, 0.15) is 28.5 Å². The molecule has 5 heterocycles. The average Bonchev–Trinajstić information content (AvgIpc) is 3.71. The molecule has 39 heavy (non-hydrogen) atoms. The number of fused-ring (bicyclic) bond motifs is 4. The van der Waals surface area contributed by atoms with E-state index in [1.807, 2.05) is 61.5 Å². The van der Waals surface area contributed by atoms with Crippen LogP contribution in [0, 0.1) is 6.92 Å². The largest absolute Gasteiger partial charge is 0.493 e. The van der Waals surface area contributed by atoms with Gasteiger partial charge in [0.25, 0.3) is 0 Å². The molecule has 0 amide bonds. The van der Waals surface area contributed by atoms with E-state index in [1.165, 1.54) is 0 Å². The molecule has 0 fully saturated rings. The van der Waals surface area contributed by atoms with Gasteiger partial charge in [-0.05, 0) is 61.5 Å². The Bertz CT molecular complexity index is 1840. The molecule has 0 bridgehead atoms. The second kappa shape index (κ2) is 8.88. The smallest absolute Gasteiger partial charge is 0.230 e. The van der Waals surface area contributed by atoms with Crippen LogP contribution in [0.3, 0.4) is 0 Å². The first-order valence-electron chi connectivity index (χ1n) is 12.1. The monoisotopic (exact) mass is 540 g/mol. The fourth-order valence-electron chi connectivity index (χ4n) is 4.97. The molecule has 0 N–H and O–H groups in total. The number of methoxy groups -OCH3 is 2. The summed E-state index contributed by atoms with van der Waals surface area (Å²) in [6, 6.07) is 16.7. The van der Waals surface area contributed by atoms with Crippen LogP contribution in [0.5, 0.6) is 23.3 Å². The van der Waals surface area contributed by atoms with Gasteiger partial charge in [0, 0.05) is 10.6 Å². The number of rotatable bonds is 5. The third-order valence-corrected chi connectivity index (χ3v) is 7.01. The Hall–Kier alpha value is -4.83. The molecular weight excluding hydrogens is 520 g/mol. The molecule has 2 aromatic carbocycles. The highest BCUT2D eigenvalue weighted by Gasteiger charge is 2.39. The van der Waals surface area contributed by atoms with Crippen molar-refractivity contribution in [3.05, 3.63) is 94.8 Å². The van der Waals surface area contributed by atoms with Crippen LogP contribution in [0.15, 0.2) is 71.6 Å². The van der Waals surface area contributed by atoms with Crippen molar-refractivity contribution >= 4 is 17.2 Å². The number of hydrogen-bond donors (Lipinski definition) is 0. The van der Waals surface area contributed by atoms with Gasteiger partial charge >= 0.3 is 0 Å². The van der Waals surface area contributed by atoms with Gasteiger partial charge in [-0.1, -0.05) is 11.6 Å². The van der Waals surface area contributed by atoms with Crippen LogP contribution in [-0.4, -0.2) is 43.6 Å². The lowest BCUT2D eigenvalue weighted by molar-refractivity contribution is 0.355. The SMILES string of the molecule is COc1ccc(-c2nc3c4c(ncn3n2)Oc2c(c(C)nn2-c2ccc(Cl)cc2)C4c2ccco2)cc1OC. The van der Waals surface area contributed by atoms with Gasteiger partial charge in [0.15, 0.2) is 23.0 Å². The predicted octanol–water partition coefficient (Wildman–Crippen LogP) is 5.83. The molecule has 1 unspecified atom stereocenters. The zero-order valence-corrected chi connectivity index (χ0v) is 21.9. The number of halogens is 1. The fraction of sp³-hybridized carbons (Fsp3) is 0.143.